The summed E-state index contributed by atoms with van der Waals surface area (Å²) in [7, 11) is 0. The minimum absolute atomic E-state index is 0.0488. The molecule has 1 aliphatic rings. The number of alkyl halides is 1. The Bertz CT molecular complexity index is 702. The summed E-state index contributed by atoms with van der Waals surface area (Å²) in [6.07, 6.45) is 1.87. The van der Waals surface area contributed by atoms with E-state index in [1.807, 2.05) is 0 Å². The number of aromatic nitrogens is 1. The Morgan fingerprint density at radius 3 is 3.15 bits per heavy atom. The highest BCUT2D eigenvalue weighted by atomic mass is 32.1. The van der Waals surface area contributed by atoms with Gasteiger partial charge in [-0.3, -0.25) is 4.79 Å². The molecule has 1 unspecified atom stereocenters. The normalized spacial score (nSPS) is 21.8. The van der Waals surface area contributed by atoms with E-state index in [1.165, 1.54) is 11.3 Å². The van der Waals surface area contributed by atoms with Gasteiger partial charge in [0.15, 0.2) is 6.19 Å². The molecule has 0 spiro atoms. The predicted octanol–water partition coefficient (Wildman–Crippen LogP) is 1.81. The lowest BCUT2D eigenvalue weighted by atomic mass is 10.0. The summed E-state index contributed by atoms with van der Waals surface area (Å²) in [4.78, 5) is 17.2. The number of hydrogen-bond acceptors (Lipinski definition) is 5. The molecule has 1 saturated heterocycles. The van der Waals surface area contributed by atoms with Crippen LogP contribution in [-0.4, -0.2) is 29.6 Å². The van der Waals surface area contributed by atoms with Gasteiger partial charge in [0.25, 0.3) is 5.91 Å². The van der Waals surface area contributed by atoms with Crippen LogP contribution in [0.15, 0.2) is 23.7 Å². The largest absolute Gasteiger partial charge is 0.313 e. The number of benzene rings is 1. The van der Waals surface area contributed by atoms with E-state index in [0.717, 1.165) is 15.1 Å². The number of nitriles is 1. The second-order valence-corrected chi connectivity index (χ2v) is 5.52. The van der Waals surface area contributed by atoms with Gasteiger partial charge in [-0.05, 0) is 24.7 Å². The molecule has 1 aromatic heterocycles. The third-order valence-electron chi connectivity index (χ3n) is 3.36. The average Bonchev–Trinajstić information content (AvgIpc) is 3.08. The van der Waals surface area contributed by atoms with Crippen molar-refractivity contribution >= 4 is 33.1 Å². The predicted molar refractivity (Wildman–Crippen MR) is 74.0 cm³/mol. The number of fused-ring (bicyclic) bond motifs is 1. The number of nitrogens with one attached hydrogen (secondary N) is 1. The van der Waals surface area contributed by atoms with Gasteiger partial charge < -0.3 is 5.32 Å². The highest BCUT2D eigenvalue weighted by Crippen LogP contribution is 2.28. The second-order valence-electron chi connectivity index (χ2n) is 4.64. The van der Waals surface area contributed by atoms with Crippen LogP contribution in [0.1, 0.15) is 6.42 Å². The van der Waals surface area contributed by atoms with Crippen LogP contribution in [-0.2, 0) is 4.79 Å². The molecular weight excluding hydrogens is 279 g/mol. The summed E-state index contributed by atoms with van der Waals surface area (Å²) >= 11 is 1.41. The first-order chi connectivity index (χ1) is 9.64. The molecule has 2 heterocycles. The molecule has 5 nitrogen and oxygen atoms in total. The number of hydrogen-bond donors (Lipinski definition) is 1. The molecule has 1 fully saturated rings. The van der Waals surface area contributed by atoms with E-state index in [0.29, 0.717) is 12.2 Å². The maximum absolute atomic E-state index is 14.5. The lowest BCUT2D eigenvalue weighted by molar-refractivity contribution is -0.128. The number of thiazole rings is 1. The summed E-state index contributed by atoms with van der Waals surface area (Å²) < 4.78 is 15.3. The average molecular weight is 290 g/mol. The fraction of sp³-hybridized carbons (Fsp3) is 0.308. The van der Waals surface area contributed by atoms with Crippen LogP contribution in [0.5, 0.6) is 0 Å². The lowest BCUT2D eigenvalue weighted by Gasteiger charge is -2.22. The SMILES string of the molecule is N#CN(C(=O)C1(F)CCNC1)c1ccc2ncsc2c1. The van der Waals surface area contributed by atoms with E-state index < -0.39 is 11.6 Å². The van der Waals surface area contributed by atoms with E-state index in [1.54, 1.807) is 29.9 Å². The molecule has 0 radical (unpaired) electrons. The maximum Gasteiger partial charge on any atom is 0.279 e. The Kier molecular flexibility index (Phi) is 3.12. The molecule has 0 saturated carbocycles. The van der Waals surface area contributed by atoms with Gasteiger partial charge in [0.05, 0.1) is 21.4 Å². The van der Waals surface area contributed by atoms with Gasteiger partial charge in [0.1, 0.15) is 0 Å². The fourth-order valence-corrected chi connectivity index (χ4v) is 2.96. The van der Waals surface area contributed by atoms with Crippen LogP contribution < -0.4 is 10.2 Å². The third-order valence-corrected chi connectivity index (χ3v) is 4.15. The van der Waals surface area contributed by atoms with Gasteiger partial charge in [-0.2, -0.15) is 5.26 Å². The molecule has 1 N–H and O–H groups in total. The zero-order chi connectivity index (χ0) is 14.2. The molecule has 1 amide bonds. The quantitative estimate of drug-likeness (QED) is 0.676. The molecule has 1 aliphatic heterocycles. The van der Waals surface area contributed by atoms with Crippen molar-refractivity contribution in [2.45, 2.75) is 12.1 Å². The summed E-state index contributed by atoms with van der Waals surface area (Å²) in [6.45, 7) is 0.391. The highest BCUT2D eigenvalue weighted by molar-refractivity contribution is 7.16. The summed E-state index contributed by atoms with van der Waals surface area (Å²) in [5.41, 5.74) is 0.850. The molecule has 0 aliphatic carbocycles. The Labute approximate surface area is 118 Å². The highest BCUT2D eigenvalue weighted by Gasteiger charge is 2.45. The minimum Gasteiger partial charge on any atom is -0.313 e. The monoisotopic (exact) mass is 290 g/mol. The van der Waals surface area contributed by atoms with Gasteiger partial charge in [0, 0.05) is 13.0 Å². The van der Waals surface area contributed by atoms with Crippen LogP contribution in [0.2, 0.25) is 0 Å². The number of rotatable bonds is 2. The smallest absolute Gasteiger partial charge is 0.279 e. The zero-order valence-corrected chi connectivity index (χ0v) is 11.3. The van der Waals surface area contributed by atoms with Crippen molar-refractivity contribution in [2.24, 2.45) is 0 Å². The number of carbonyl (C=O) groups is 1. The first-order valence-electron chi connectivity index (χ1n) is 6.11. The van der Waals surface area contributed by atoms with E-state index in [4.69, 9.17) is 0 Å². The van der Waals surface area contributed by atoms with E-state index >= 15 is 0 Å². The summed E-state index contributed by atoms with van der Waals surface area (Å²) in [6, 6.07) is 5.01. The second kappa shape index (κ2) is 4.81. The van der Waals surface area contributed by atoms with E-state index in [2.05, 4.69) is 10.3 Å². The Balaban J connectivity index is 1.96. The van der Waals surface area contributed by atoms with Crippen molar-refractivity contribution in [2.75, 3.05) is 18.0 Å². The van der Waals surface area contributed by atoms with Crippen molar-refractivity contribution in [3.8, 4) is 6.19 Å². The van der Waals surface area contributed by atoms with Crippen molar-refractivity contribution in [1.29, 1.82) is 5.26 Å². The third kappa shape index (κ3) is 2.03. The Hall–Kier alpha value is -2.04. The Morgan fingerprint density at radius 2 is 2.45 bits per heavy atom. The van der Waals surface area contributed by atoms with Crippen molar-refractivity contribution in [1.82, 2.24) is 10.3 Å². The number of nitrogens with zero attached hydrogens (tertiary/aromatic N) is 3. The standard InChI is InChI=1S/C13H11FN4OS/c14-13(3-4-16-6-13)12(19)18(7-15)9-1-2-10-11(5-9)20-8-17-10/h1-2,5,8,16H,3-4,6H2. The van der Waals surface area contributed by atoms with Crippen molar-refractivity contribution in [3.05, 3.63) is 23.7 Å². The van der Waals surface area contributed by atoms with Gasteiger partial charge in [-0.15, -0.1) is 11.3 Å². The van der Waals surface area contributed by atoms with Crippen LogP contribution in [0.25, 0.3) is 10.2 Å². The summed E-state index contributed by atoms with van der Waals surface area (Å²) in [5, 5.41) is 12.0. The van der Waals surface area contributed by atoms with E-state index in [9.17, 15) is 14.4 Å². The number of halogens is 1. The van der Waals surface area contributed by atoms with Crippen LogP contribution >= 0.6 is 11.3 Å². The lowest BCUT2D eigenvalue weighted by Crippen LogP contribution is -2.45. The molecule has 1 aromatic carbocycles. The molecule has 7 heteroatoms. The molecule has 2 aromatic rings. The minimum atomic E-state index is -2.00. The van der Waals surface area contributed by atoms with Crippen LogP contribution in [0.3, 0.4) is 0 Å². The van der Waals surface area contributed by atoms with Crippen molar-refractivity contribution in [3.63, 3.8) is 0 Å². The number of amides is 1. The van der Waals surface area contributed by atoms with Gasteiger partial charge in [-0.1, -0.05) is 0 Å². The summed E-state index contributed by atoms with van der Waals surface area (Å²) in [5.74, 6) is -0.811. The molecular formula is C13H11FN4OS. The van der Waals surface area contributed by atoms with Gasteiger partial charge in [-0.25, -0.2) is 14.3 Å². The first-order valence-corrected chi connectivity index (χ1v) is 6.99. The Morgan fingerprint density at radius 1 is 1.60 bits per heavy atom. The van der Waals surface area contributed by atoms with Gasteiger partial charge in [0.2, 0.25) is 5.67 Å². The topological polar surface area (TPSA) is 69.0 Å². The fourth-order valence-electron chi connectivity index (χ4n) is 2.25. The first kappa shape index (κ1) is 13.0. The van der Waals surface area contributed by atoms with Crippen LogP contribution in [0.4, 0.5) is 10.1 Å². The van der Waals surface area contributed by atoms with Crippen LogP contribution in [0, 0.1) is 11.5 Å². The number of carbonyl (C=O) groups excluding carboxylic acids is 1. The molecule has 102 valence electrons. The van der Waals surface area contributed by atoms with Gasteiger partial charge >= 0.3 is 0 Å². The molecule has 1 atom stereocenters. The number of anilines is 1. The van der Waals surface area contributed by atoms with E-state index in [-0.39, 0.29) is 13.0 Å². The molecule has 20 heavy (non-hydrogen) atoms. The molecule has 3 rings (SSSR count). The zero-order valence-electron chi connectivity index (χ0n) is 10.5. The van der Waals surface area contributed by atoms with Crippen molar-refractivity contribution < 1.29 is 9.18 Å². The maximum atomic E-state index is 14.5. The molecule has 0 bridgehead atoms.